The lowest BCUT2D eigenvalue weighted by atomic mass is 9.96. The van der Waals surface area contributed by atoms with Gasteiger partial charge in [0.25, 0.3) is 5.91 Å². The summed E-state index contributed by atoms with van der Waals surface area (Å²) >= 11 is 0. The number of ether oxygens (including phenoxy) is 3. The van der Waals surface area contributed by atoms with Crippen molar-refractivity contribution in [1.82, 2.24) is 4.90 Å². The SMILES string of the molecule is O=C(O)c1ccc(OCCCc2ccc(OCc3ccc(OC(F)(F)F)cc3)cc2)c(C(=O)N2CCC(C(=O)O)CC2)c1. The Morgan fingerprint density at radius 1 is 0.837 bits per heavy atom. The van der Waals surface area contributed by atoms with E-state index >= 15 is 0 Å². The average molecular weight is 602 g/mol. The van der Waals surface area contributed by atoms with Gasteiger partial charge in [0.2, 0.25) is 0 Å². The highest BCUT2D eigenvalue weighted by atomic mass is 19.4. The van der Waals surface area contributed by atoms with Crippen LogP contribution in [0.25, 0.3) is 0 Å². The zero-order valence-corrected chi connectivity index (χ0v) is 23.0. The van der Waals surface area contributed by atoms with Gasteiger partial charge < -0.3 is 29.3 Å². The molecule has 0 bridgehead atoms. The van der Waals surface area contributed by atoms with Gasteiger partial charge in [-0.25, -0.2) is 4.79 Å². The van der Waals surface area contributed by atoms with Gasteiger partial charge >= 0.3 is 18.3 Å². The molecule has 0 atom stereocenters. The third-order valence-corrected chi connectivity index (χ3v) is 6.94. The van der Waals surface area contributed by atoms with Crippen molar-refractivity contribution < 1.29 is 52.0 Å². The third-order valence-electron chi connectivity index (χ3n) is 6.94. The molecule has 228 valence electrons. The Hall–Kier alpha value is -4.74. The number of rotatable bonds is 12. The Bertz CT molecular complexity index is 1420. The maximum absolute atomic E-state index is 13.2. The third kappa shape index (κ3) is 9.12. The zero-order valence-electron chi connectivity index (χ0n) is 23.0. The topological polar surface area (TPSA) is 123 Å². The molecule has 0 saturated carbocycles. The van der Waals surface area contributed by atoms with E-state index in [1.807, 2.05) is 12.1 Å². The number of aromatic carboxylic acids is 1. The van der Waals surface area contributed by atoms with Crippen LogP contribution >= 0.6 is 0 Å². The molecule has 0 aliphatic carbocycles. The maximum atomic E-state index is 13.2. The van der Waals surface area contributed by atoms with Gasteiger partial charge in [-0.15, -0.1) is 13.2 Å². The lowest BCUT2D eigenvalue weighted by molar-refractivity contribution is -0.274. The van der Waals surface area contributed by atoms with Gasteiger partial charge in [0, 0.05) is 13.1 Å². The first kappa shape index (κ1) is 31.2. The number of alkyl halides is 3. The number of carbonyl (C=O) groups is 3. The number of aliphatic carboxylic acids is 1. The molecule has 12 heteroatoms. The van der Waals surface area contributed by atoms with Crippen LogP contribution in [-0.4, -0.2) is 59.0 Å². The van der Waals surface area contributed by atoms with E-state index in [0.29, 0.717) is 37.0 Å². The highest BCUT2D eigenvalue weighted by Gasteiger charge is 2.31. The van der Waals surface area contributed by atoms with Crippen molar-refractivity contribution in [2.75, 3.05) is 19.7 Å². The summed E-state index contributed by atoms with van der Waals surface area (Å²) in [4.78, 5) is 37.5. The predicted octanol–water partition coefficient (Wildman–Crippen LogP) is 5.81. The number of halogens is 3. The van der Waals surface area contributed by atoms with E-state index in [1.165, 1.54) is 47.4 Å². The summed E-state index contributed by atoms with van der Waals surface area (Å²) in [5.41, 5.74) is 1.75. The zero-order chi connectivity index (χ0) is 31.0. The van der Waals surface area contributed by atoms with Gasteiger partial charge in [-0.2, -0.15) is 0 Å². The number of piperidine rings is 1. The van der Waals surface area contributed by atoms with Crippen LogP contribution in [0.5, 0.6) is 17.2 Å². The highest BCUT2D eigenvalue weighted by molar-refractivity contribution is 6.00. The molecule has 0 radical (unpaired) electrons. The number of amides is 1. The highest BCUT2D eigenvalue weighted by Crippen LogP contribution is 2.27. The van der Waals surface area contributed by atoms with Crippen molar-refractivity contribution in [2.24, 2.45) is 5.92 Å². The molecule has 0 aromatic heterocycles. The van der Waals surface area contributed by atoms with Crippen LogP contribution in [0.2, 0.25) is 0 Å². The van der Waals surface area contributed by atoms with Crippen LogP contribution in [0.1, 0.15) is 51.1 Å². The minimum atomic E-state index is -4.75. The lowest BCUT2D eigenvalue weighted by Gasteiger charge is -2.30. The molecule has 1 aliphatic rings. The number of hydrogen-bond acceptors (Lipinski definition) is 6. The van der Waals surface area contributed by atoms with Crippen LogP contribution in [0, 0.1) is 5.92 Å². The van der Waals surface area contributed by atoms with Crippen molar-refractivity contribution in [1.29, 1.82) is 0 Å². The molecule has 9 nitrogen and oxygen atoms in total. The Labute approximate surface area is 245 Å². The molecular formula is C31H30F3NO8. The van der Waals surface area contributed by atoms with E-state index in [0.717, 1.165) is 5.56 Å². The fourth-order valence-electron chi connectivity index (χ4n) is 4.62. The first-order valence-electron chi connectivity index (χ1n) is 13.6. The summed E-state index contributed by atoms with van der Waals surface area (Å²) < 4.78 is 52.3. The van der Waals surface area contributed by atoms with Crippen LogP contribution in [0.4, 0.5) is 13.2 Å². The second kappa shape index (κ2) is 14.0. The molecule has 1 saturated heterocycles. The van der Waals surface area contributed by atoms with Gasteiger partial charge in [-0.05, 0) is 79.3 Å². The molecule has 0 unspecified atom stereocenters. The molecule has 1 heterocycles. The molecular weight excluding hydrogens is 571 g/mol. The van der Waals surface area contributed by atoms with Crippen molar-refractivity contribution in [3.05, 3.63) is 89.0 Å². The van der Waals surface area contributed by atoms with Crippen molar-refractivity contribution in [3.63, 3.8) is 0 Å². The summed E-state index contributed by atoms with van der Waals surface area (Å²) in [6.45, 7) is 0.948. The largest absolute Gasteiger partial charge is 0.573 e. The molecule has 0 spiro atoms. The summed E-state index contributed by atoms with van der Waals surface area (Å²) in [6.07, 6.45) is -2.84. The second-order valence-electron chi connectivity index (χ2n) is 10.00. The van der Waals surface area contributed by atoms with E-state index in [4.69, 9.17) is 9.47 Å². The van der Waals surface area contributed by atoms with E-state index in [1.54, 1.807) is 12.1 Å². The van der Waals surface area contributed by atoms with Gasteiger partial charge in [0.1, 0.15) is 23.9 Å². The Kier molecular flexibility index (Phi) is 10.1. The van der Waals surface area contributed by atoms with Gasteiger partial charge in [0.15, 0.2) is 0 Å². The van der Waals surface area contributed by atoms with Crippen LogP contribution in [0.3, 0.4) is 0 Å². The lowest BCUT2D eigenvalue weighted by Crippen LogP contribution is -2.40. The first-order chi connectivity index (χ1) is 20.5. The number of hydrogen-bond donors (Lipinski definition) is 2. The molecule has 2 N–H and O–H groups in total. The number of carbonyl (C=O) groups excluding carboxylic acids is 1. The average Bonchev–Trinajstić information content (AvgIpc) is 2.98. The Morgan fingerprint density at radius 3 is 2.07 bits per heavy atom. The maximum Gasteiger partial charge on any atom is 0.573 e. The van der Waals surface area contributed by atoms with E-state index in [2.05, 4.69) is 4.74 Å². The number of carboxylic acid groups (broad SMARTS) is 2. The first-order valence-corrected chi connectivity index (χ1v) is 13.6. The van der Waals surface area contributed by atoms with Gasteiger partial charge in [-0.3, -0.25) is 9.59 Å². The quantitative estimate of drug-likeness (QED) is 0.250. The predicted molar refractivity (Wildman–Crippen MR) is 147 cm³/mol. The summed E-state index contributed by atoms with van der Waals surface area (Å²) in [7, 11) is 0. The minimum absolute atomic E-state index is 0.0501. The van der Waals surface area contributed by atoms with Crippen molar-refractivity contribution in [2.45, 2.75) is 38.7 Å². The molecule has 1 aliphatic heterocycles. The number of benzene rings is 3. The van der Waals surface area contributed by atoms with Crippen LogP contribution < -0.4 is 14.2 Å². The second-order valence-corrected chi connectivity index (χ2v) is 10.00. The Morgan fingerprint density at radius 2 is 1.47 bits per heavy atom. The molecule has 1 fully saturated rings. The van der Waals surface area contributed by atoms with E-state index in [9.17, 15) is 37.8 Å². The number of aryl methyl sites for hydroxylation is 1. The molecule has 43 heavy (non-hydrogen) atoms. The minimum Gasteiger partial charge on any atom is -0.493 e. The number of nitrogens with zero attached hydrogens (tertiary/aromatic N) is 1. The normalized spacial score (nSPS) is 13.8. The monoisotopic (exact) mass is 601 g/mol. The fraction of sp³-hybridized carbons (Fsp3) is 0.323. The van der Waals surface area contributed by atoms with Gasteiger partial charge in [-0.1, -0.05) is 24.3 Å². The van der Waals surface area contributed by atoms with Crippen LogP contribution in [-0.2, 0) is 17.8 Å². The van der Waals surface area contributed by atoms with Crippen molar-refractivity contribution >= 4 is 17.8 Å². The number of likely N-dealkylation sites (tertiary alicyclic amines) is 1. The molecule has 3 aromatic rings. The summed E-state index contributed by atoms with van der Waals surface area (Å²) in [6, 6.07) is 16.9. The smallest absolute Gasteiger partial charge is 0.493 e. The molecule has 4 rings (SSSR count). The van der Waals surface area contributed by atoms with Gasteiger partial charge in [0.05, 0.1) is 23.7 Å². The fourth-order valence-corrected chi connectivity index (χ4v) is 4.62. The summed E-state index contributed by atoms with van der Waals surface area (Å²) in [5.74, 6) is -2.43. The molecule has 1 amide bonds. The van der Waals surface area contributed by atoms with E-state index < -0.39 is 30.1 Å². The number of carboxylic acids is 2. The molecule has 3 aromatic carbocycles. The summed E-state index contributed by atoms with van der Waals surface area (Å²) in [5, 5.41) is 18.6. The van der Waals surface area contributed by atoms with E-state index in [-0.39, 0.29) is 48.9 Å². The van der Waals surface area contributed by atoms with Crippen LogP contribution in [0.15, 0.2) is 66.7 Å². The standard InChI is InChI=1S/C31H30F3NO8/c32-31(33,34)43-25-10-5-21(6-11-25)19-42-24-8-3-20(4-9-24)2-1-17-41-27-12-7-23(30(39)40)18-26(27)28(36)35-15-13-22(14-16-35)29(37)38/h3-12,18,22H,1-2,13-17,19H2,(H,37,38)(H,39,40). The van der Waals surface area contributed by atoms with Crippen molar-refractivity contribution in [3.8, 4) is 17.2 Å². The Balaban J connectivity index is 1.27.